The molecule has 0 bridgehead atoms. The molecule has 0 spiro atoms. The summed E-state index contributed by atoms with van der Waals surface area (Å²) in [6, 6.07) is 13.0. The Morgan fingerprint density at radius 1 is 0.958 bits per heavy atom. The molecule has 0 heterocycles. The third-order valence-corrected chi connectivity index (χ3v) is 3.85. The lowest BCUT2D eigenvalue weighted by atomic mass is 10.1. The van der Waals surface area contributed by atoms with Crippen LogP contribution in [0, 0.1) is 13.8 Å². The van der Waals surface area contributed by atoms with E-state index in [-0.39, 0.29) is 18.2 Å². The molecule has 24 heavy (non-hydrogen) atoms. The van der Waals surface area contributed by atoms with Crippen LogP contribution in [0.1, 0.15) is 27.9 Å². The van der Waals surface area contributed by atoms with Gasteiger partial charge in [-0.05, 0) is 61.4 Å². The molecule has 0 fully saturated rings. The Morgan fingerprint density at radius 2 is 1.58 bits per heavy atom. The summed E-state index contributed by atoms with van der Waals surface area (Å²) in [5, 5.41) is 3.20. The first-order valence-corrected chi connectivity index (χ1v) is 8.40. The van der Waals surface area contributed by atoms with Crippen molar-refractivity contribution in [2.24, 2.45) is 0 Å². The number of benzene rings is 2. The van der Waals surface area contributed by atoms with E-state index in [1.807, 2.05) is 26.0 Å². The van der Waals surface area contributed by atoms with E-state index >= 15 is 0 Å². The maximum Gasteiger partial charge on any atom is 0.269 e. The molecule has 5 nitrogen and oxygen atoms in total. The van der Waals surface area contributed by atoms with Crippen LogP contribution in [-0.2, 0) is 4.79 Å². The summed E-state index contributed by atoms with van der Waals surface area (Å²) in [7, 11) is 0. The molecule has 0 unspecified atom stereocenters. The van der Waals surface area contributed by atoms with E-state index in [1.165, 1.54) is 11.1 Å². The number of amides is 2. The van der Waals surface area contributed by atoms with Crippen molar-refractivity contribution < 1.29 is 9.59 Å². The van der Waals surface area contributed by atoms with E-state index in [1.54, 1.807) is 24.3 Å². The van der Waals surface area contributed by atoms with Gasteiger partial charge in [0.2, 0.25) is 5.91 Å². The largest absolute Gasteiger partial charge is 0.385 e. The summed E-state index contributed by atoms with van der Waals surface area (Å²) in [6.45, 7) is 4.55. The van der Waals surface area contributed by atoms with Crippen LogP contribution in [0.5, 0.6) is 0 Å². The minimum Gasteiger partial charge on any atom is -0.385 e. The van der Waals surface area contributed by atoms with Gasteiger partial charge in [-0.15, -0.1) is 0 Å². The summed E-state index contributed by atoms with van der Waals surface area (Å²) >= 11 is 3.30. The topological polar surface area (TPSA) is 70.2 Å². The summed E-state index contributed by atoms with van der Waals surface area (Å²) in [6.07, 6.45) is 0.258. The Balaban J connectivity index is 1.73. The highest BCUT2D eigenvalue weighted by Crippen LogP contribution is 2.13. The molecule has 3 N–H and O–H groups in total. The fourth-order valence-electron chi connectivity index (χ4n) is 2.26. The maximum atomic E-state index is 11.9. The Morgan fingerprint density at radius 3 is 2.21 bits per heavy atom. The van der Waals surface area contributed by atoms with Crippen molar-refractivity contribution in [3.8, 4) is 0 Å². The molecule has 0 aliphatic carbocycles. The van der Waals surface area contributed by atoms with E-state index < -0.39 is 0 Å². The standard InChI is InChI=1S/C18H20BrN3O2/c1-12-9-13(2)11-16(10-12)20-8-7-17(23)21-22-18(24)14-3-5-15(19)6-4-14/h3-6,9-11,20H,7-8H2,1-2H3,(H,21,23)(H,22,24). The second-order valence-corrected chi connectivity index (χ2v) is 6.48. The summed E-state index contributed by atoms with van der Waals surface area (Å²) in [5.41, 5.74) is 8.62. The Labute approximate surface area is 149 Å². The zero-order valence-electron chi connectivity index (χ0n) is 13.7. The zero-order valence-corrected chi connectivity index (χ0v) is 15.2. The second-order valence-electron chi connectivity index (χ2n) is 5.56. The number of anilines is 1. The fraction of sp³-hybridized carbons (Fsp3) is 0.222. The Hall–Kier alpha value is -2.34. The third kappa shape index (κ3) is 5.70. The van der Waals surface area contributed by atoms with Gasteiger partial charge in [-0.25, -0.2) is 0 Å². The first-order chi connectivity index (χ1) is 11.4. The molecular formula is C18H20BrN3O2. The van der Waals surface area contributed by atoms with Gasteiger partial charge in [0, 0.05) is 28.7 Å². The molecular weight excluding hydrogens is 370 g/mol. The van der Waals surface area contributed by atoms with Gasteiger partial charge in [-0.2, -0.15) is 0 Å². The number of aryl methyl sites for hydroxylation is 2. The average molecular weight is 390 g/mol. The van der Waals surface area contributed by atoms with Gasteiger partial charge in [-0.3, -0.25) is 20.4 Å². The number of hydrazine groups is 1. The third-order valence-electron chi connectivity index (χ3n) is 3.32. The molecule has 2 amide bonds. The number of carbonyl (C=O) groups is 2. The monoisotopic (exact) mass is 389 g/mol. The molecule has 2 rings (SSSR count). The smallest absolute Gasteiger partial charge is 0.269 e. The molecule has 0 atom stereocenters. The van der Waals surface area contributed by atoms with E-state index in [9.17, 15) is 9.59 Å². The van der Waals surface area contributed by atoms with E-state index in [4.69, 9.17) is 0 Å². The molecule has 2 aromatic carbocycles. The van der Waals surface area contributed by atoms with Crippen LogP contribution >= 0.6 is 15.9 Å². The number of rotatable bonds is 5. The molecule has 126 valence electrons. The van der Waals surface area contributed by atoms with Crippen LogP contribution in [0.25, 0.3) is 0 Å². The molecule has 0 radical (unpaired) electrons. The van der Waals surface area contributed by atoms with Gasteiger partial charge in [0.1, 0.15) is 0 Å². The molecule has 0 aliphatic heterocycles. The van der Waals surface area contributed by atoms with Crippen LogP contribution in [0.3, 0.4) is 0 Å². The van der Waals surface area contributed by atoms with Crippen molar-refractivity contribution in [3.63, 3.8) is 0 Å². The highest BCUT2D eigenvalue weighted by molar-refractivity contribution is 9.10. The normalized spacial score (nSPS) is 10.1. The van der Waals surface area contributed by atoms with Crippen molar-refractivity contribution >= 4 is 33.4 Å². The highest BCUT2D eigenvalue weighted by Gasteiger charge is 2.07. The summed E-state index contributed by atoms with van der Waals surface area (Å²) in [5.74, 6) is -0.601. The van der Waals surface area contributed by atoms with Gasteiger partial charge in [-0.1, -0.05) is 22.0 Å². The predicted octanol–water partition coefficient (Wildman–Crippen LogP) is 3.33. The number of nitrogens with one attached hydrogen (secondary N) is 3. The van der Waals surface area contributed by atoms with Crippen LogP contribution < -0.4 is 16.2 Å². The zero-order chi connectivity index (χ0) is 17.5. The van der Waals surface area contributed by atoms with Crippen molar-refractivity contribution in [2.75, 3.05) is 11.9 Å². The predicted molar refractivity (Wildman–Crippen MR) is 98.8 cm³/mol. The van der Waals surface area contributed by atoms with Crippen molar-refractivity contribution in [2.45, 2.75) is 20.3 Å². The first kappa shape index (κ1) is 18.0. The van der Waals surface area contributed by atoms with Crippen molar-refractivity contribution in [3.05, 3.63) is 63.6 Å². The Kier molecular flexibility index (Phi) is 6.37. The van der Waals surface area contributed by atoms with Crippen LogP contribution in [0.15, 0.2) is 46.9 Å². The van der Waals surface area contributed by atoms with Gasteiger partial charge in [0.25, 0.3) is 5.91 Å². The minimum atomic E-state index is -0.349. The Bertz CT molecular complexity index is 709. The van der Waals surface area contributed by atoms with Crippen molar-refractivity contribution in [1.82, 2.24) is 10.9 Å². The molecule has 2 aromatic rings. The number of carbonyl (C=O) groups excluding carboxylic acids is 2. The lowest BCUT2D eigenvalue weighted by molar-refractivity contribution is -0.121. The molecule has 0 aliphatic rings. The highest BCUT2D eigenvalue weighted by atomic mass is 79.9. The summed E-state index contributed by atoms with van der Waals surface area (Å²) in [4.78, 5) is 23.7. The molecule has 0 saturated heterocycles. The van der Waals surface area contributed by atoms with Crippen molar-refractivity contribution in [1.29, 1.82) is 0 Å². The quantitative estimate of drug-likeness (QED) is 0.686. The second kappa shape index (κ2) is 8.49. The molecule has 6 heteroatoms. The molecule has 0 saturated carbocycles. The van der Waals surface area contributed by atoms with Crippen LogP contribution in [0.4, 0.5) is 5.69 Å². The fourth-order valence-corrected chi connectivity index (χ4v) is 2.52. The van der Waals surface area contributed by atoms with E-state index in [0.717, 1.165) is 10.2 Å². The van der Waals surface area contributed by atoms with E-state index in [2.05, 4.69) is 38.2 Å². The number of halogens is 1. The molecule has 0 aromatic heterocycles. The number of hydrogen-bond acceptors (Lipinski definition) is 3. The van der Waals surface area contributed by atoms with Crippen LogP contribution in [0.2, 0.25) is 0 Å². The SMILES string of the molecule is Cc1cc(C)cc(NCCC(=O)NNC(=O)c2ccc(Br)cc2)c1. The average Bonchev–Trinajstić information content (AvgIpc) is 2.52. The minimum absolute atomic E-state index is 0.252. The van der Waals surface area contributed by atoms with Gasteiger partial charge in [0.05, 0.1) is 0 Å². The summed E-state index contributed by atoms with van der Waals surface area (Å²) < 4.78 is 0.889. The first-order valence-electron chi connectivity index (χ1n) is 7.61. The van der Waals surface area contributed by atoms with Gasteiger partial charge in [0.15, 0.2) is 0 Å². The lowest BCUT2D eigenvalue weighted by Gasteiger charge is -2.10. The maximum absolute atomic E-state index is 11.9. The lowest BCUT2D eigenvalue weighted by Crippen LogP contribution is -2.42. The number of hydrogen-bond donors (Lipinski definition) is 3. The van der Waals surface area contributed by atoms with E-state index in [0.29, 0.717) is 12.1 Å². The van der Waals surface area contributed by atoms with Crippen LogP contribution in [-0.4, -0.2) is 18.4 Å². The van der Waals surface area contributed by atoms with Gasteiger partial charge < -0.3 is 5.32 Å². The van der Waals surface area contributed by atoms with Gasteiger partial charge >= 0.3 is 0 Å².